The maximum Gasteiger partial charge on any atom is 0.332 e. The third-order valence-corrected chi connectivity index (χ3v) is 2.77. The molecule has 7 heteroatoms. The number of carboxylic acids is 1. The molecule has 0 aliphatic carbocycles. The molecule has 0 bridgehead atoms. The second-order valence-electron chi connectivity index (χ2n) is 4.52. The molecule has 0 heterocycles. The van der Waals surface area contributed by atoms with Crippen molar-refractivity contribution in [3.05, 3.63) is 35.9 Å². The fourth-order valence-corrected chi connectivity index (χ4v) is 1.62. The summed E-state index contributed by atoms with van der Waals surface area (Å²) in [6.45, 7) is -0.115. The van der Waals surface area contributed by atoms with Crippen molar-refractivity contribution in [1.29, 1.82) is 0 Å². The lowest BCUT2D eigenvalue weighted by atomic mass is 10.2. The minimum atomic E-state index is -1.51. The maximum absolute atomic E-state index is 12.0. The van der Waals surface area contributed by atoms with Gasteiger partial charge in [0, 0.05) is 25.6 Å². The van der Waals surface area contributed by atoms with Crippen LogP contribution in [0.25, 0.3) is 0 Å². The second-order valence-corrected chi connectivity index (χ2v) is 4.52. The summed E-state index contributed by atoms with van der Waals surface area (Å²) in [7, 11) is 1.50. The van der Waals surface area contributed by atoms with Crippen LogP contribution >= 0.6 is 0 Å². The van der Waals surface area contributed by atoms with E-state index in [2.05, 4.69) is 5.32 Å². The first-order valence-electron chi connectivity index (χ1n) is 6.40. The molecule has 2 amide bonds. The number of rotatable bonds is 7. The quantitative estimate of drug-likeness (QED) is 0.640. The van der Waals surface area contributed by atoms with Gasteiger partial charge in [0.2, 0.25) is 5.91 Å². The Morgan fingerprint density at radius 1 is 1.24 bits per heavy atom. The van der Waals surface area contributed by atoms with Crippen molar-refractivity contribution >= 4 is 17.8 Å². The van der Waals surface area contributed by atoms with Crippen LogP contribution in [0.4, 0.5) is 0 Å². The number of aliphatic hydroxyl groups is 1. The standard InChI is InChI=1S/C14H18N2O5/c1-16(13(19)10-5-3-2-4-6-10)9-12(18)15-8-7-11(17)14(20)21/h2-6,11,17H,7-9H2,1H3,(H,15,18)(H,20,21)/t11-/m0/s1. The zero-order chi connectivity index (χ0) is 15.8. The molecule has 0 saturated carbocycles. The third kappa shape index (κ3) is 5.62. The average Bonchev–Trinajstić information content (AvgIpc) is 2.46. The molecular formula is C14H18N2O5. The molecule has 0 fully saturated rings. The molecule has 3 N–H and O–H groups in total. The Balaban J connectivity index is 2.37. The van der Waals surface area contributed by atoms with Gasteiger partial charge in [0.15, 0.2) is 6.10 Å². The van der Waals surface area contributed by atoms with E-state index in [0.29, 0.717) is 5.56 Å². The lowest BCUT2D eigenvalue weighted by Gasteiger charge is -2.17. The summed E-state index contributed by atoms with van der Waals surface area (Å²) in [4.78, 5) is 35.2. The van der Waals surface area contributed by atoms with Crippen molar-refractivity contribution in [3.63, 3.8) is 0 Å². The molecule has 1 aromatic carbocycles. The van der Waals surface area contributed by atoms with Crippen molar-refractivity contribution in [2.24, 2.45) is 0 Å². The summed E-state index contributed by atoms with van der Waals surface area (Å²) in [6, 6.07) is 8.56. The molecule has 1 atom stereocenters. The molecule has 0 radical (unpaired) electrons. The first-order chi connectivity index (χ1) is 9.91. The Bertz CT molecular complexity index is 503. The van der Waals surface area contributed by atoms with Crippen LogP contribution in [0.2, 0.25) is 0 Å². The van der Waals surface area contributed by atoms with Crippen molar-refractivity contribution in [2.45, 2.75) is 12.5 Å². The molecule has 0 aliphatic heterocycles. The van der Waals surface area contributed by atoms with Gasteiger partial charge in [0.1, 0.15) is 0 Å². The van der Waals surface area contributed by atoms with E-state index in [1.54, 1.807) is 30.3 Å². The highest BCUT2D eigenvalue weighted by Crippen LogP contribution is 2.02. The minimum absolute atomic E-state index is 0.0274. The molecule has 21 heavy (non-hydrogen) atoms. The number of carbonyl (C=O) groups is 3. The number of benzene rings is 1. The summed E-state index contributed by atoms with van der Waals surface area (Å²) in [5, 5.41) is 20.0. The molecule has 0 saturated heterocycles. The van der Waals surface area contributed by atoms with Gasteiger partial charge in [-0.15, -0.1) is 0 Å². The van der Waals surface area contributed by atoms with Crippen molar-refractivity contribution < 1.29 is 24.6 Å². The first-order valence-corrected chi connectivity index (χ1v) is 6.40. The van der Waals surface area contributed by atoms with E-state index in [0.717, 1.165) is 0 Å². The van der Waals surface area contributed by atoms with Crippen molar-refractivity contribution in [3.8, 4) is 0 Å². The van der Waals surface area contributed by atoms with Crippen LogP contribution in [0.5, 0.6) is 0 Å². The van der Waals surface area contributed by atoms with E-state index >= 15 is 0 Å². The topological polar surface area (TPSA) is 107 Å². The SMILES string of the molecule is CN(CC(=O)NCC[C@H](O)C(=O)O)C(=O)c1ccccc1. The molecule has 1 aromatic rings. The van der Waals surface area contributed by atoms with Crippen LogP contribution < -0.4 is 5.32 Å². The van der Waals surface area contributed by atoms with E-state index < -0.39 is 18.0 Å². The van der Waals surface area contributed by atoms with E-state index in [-0.39, 0.29) is 25.4 Å². The van der Waals surface area contributed by atoms with Crippen molar-refractivity contribution in [1.82, 2.24) is 10.2 Å². The van der Waals surface area contributed by atoms with Gasteiger partial charge in [-0.25, -0.2) is 4.79 Å². The highest BCUT2D eigenvalue weighted by Gasteiger charge is 2.16. The Labute approximate surface area is 122 Å². The number of aliphatic hydroxyl groups excluding tert-OH is 1. The molecule has 0 aromatic heterocycles. The molecule has 114 valence electrons. The van der Waals surface area contributed by atoms with Crippen molar-refractivity contribution in [2.75, 3.05) is 20.1 Å². The highest BCUT2D eigenvalue weighted by molar-refractivity contribution is 5.96. The maximum atomic E-state index is 12.0. The van der Waals surface area contributed by atoms with Gasteiger partial charge in [-0.2, -0.15) is 0 Å². The Morgan fingerprint density at radius 2 is 1.86 bits per heavy atom. The fourth-order valence-electron chi connectivity index (χ4n) is 1.62. The summed E-state index contributed by atoms with van der Waals surface area (Å²) >= 11 is 0. The van der Waals surface area contributed by atoms with Gasteiger partial charge in [-0.05, 0) is 12.1 Å². The number of hydrogen-bond acceptors (Lipinski definition) is 4. The predicted molar refractivity (Wildman–Crippen MR) is 74.7 cm³/mol. The van der Waals surface area contributed by atoms with Gasteiger partial charge >= 0.3 is 5.97 Å². The smallest absolute Gasteiger partial charge is 0.332 e. The summed E-state index contributed by atoms with van der Waals surface area (Å²) in [6.07, 6.45) is -1.59. The zero-order valence-electron chi connectivity index (χ0n) is 11.7. The van der Waals surface area contributed by atoms with Crippen LogP contribution in [-0.4, -0.2) is 59.1 Å². The fraction of sp³-hybridized carbons (Fsp3) is 0.357. The summed E-state index contributed by atoms with van der Waals surface area (Å²) in [5.74, 6) is -2.03. The Hall–Kier alpha value is -2.41. The number of amides is 2. The van der Waals surface area contributed by atoms with E-state index in [1.807, 2.05) is 0 Å². The monoisotopic (exact) mass is 294 g/mol. The summed E-state index contributed by atoms with van der Waals surface area (Å²) < 4.78 is 0. The van der Waals surface area contributed by atoms with Gasteiger partial charge in [-0.3, -0.25) is 9.59 Å². The third-order valence-electron chi connectivity index (χ3n) is 2.77. The number of nitrogens with zero attached hydrogens (tertiary/aromatic N) is 1. The zero-order valence-corrected chi connectivity index (χ0v) is 11.7. The lowest BCUT2D eigenvalue weighted by molar-refractivity contribution is -0.147. The van der Waals surface area contributed by atoms with Crippen LogP contribution in [-0.2, 0) is 9.59 Å². The van der Waals surface area contributed by atoms with E-state index in [4.69, 9.17) is 10.2 Å². The largest absolute Gasteiger partial charge is 0.479 e. The Kier molecular flexibility index (Phi) is 6.35. The normalized spacial score (nSPS) is 11.5. The van der Waals surface area contributed by atoms with Crippen LogP contribution in [0, 0.1) is 0 Å². The van der Waals surface area contributed by atoms with E-state index in [9.17, 15) is 14.4 Å². The van der Waals surface area contributed by atoms with Gasteiger partial charge in [-0.1, -0.05) is 18.2 Å². The molecule has 0 unspecified atom stereocenters. The first kappa shape index (κ1) is 16.6. The van der Waals surface area contributed by atoms with Gasteiger partial charge in [0.25, 0.3) is 5.91 Å². The molecule has 0 spiro atoms. The number of aliphatic carboxylic acids is 1. The number of nitrogens with one attached hydrogen (secondary N) is 1. The predicted octanol–water partition coefficient (Wildman–Crippen LogP) is -0.290. The van der Waals surface area contributed by atoms with Gasteiger partial charge in [0.05, 0.1) is 6.54 Å². The number of carboxylic acid groups (broad SMARTS) is 1. The number of likely N-dealkylation sites (N-methyl/N-ethyl adjacent to an activating group) is 1. The number of carbonyl (C=O) groups excluding carboxylic acids is 2. The second kappa shape index (κ2) is 8.01. The lowest BCUT2D eigenvalue weighted by Crippen LogP contribution is -2.39. The van der Waals surface area contributed by atoms with Crippen LogP contribution in [0.3, 0.4) is 0 Å². The van der Waals surface area contributed by atoms with Crippen LogP contribution in [0.1, 0.15) is 16.8 Å². The molecule has 1 rings (SSSR count). The number of hydrogen-bond donors (Lipinski definition) is 3. The average molecular weight is 294 g/mol. The van der Waals surface area contributed by atoms with Gasteiger partial charge < -0.3 is 20.4 Å². The summed E-state index contributed by atoms with van der Waals surface area (Å²) in [5.41, 5.74) is 0.481. The highest BCUT2D eigenvalue weighted by atomic mass is 16.4. The Morgan fingerprint density at radius 3 is 2.43 bits per heavy atom. The molecule has 0 aliphatic rings. The van der Waals surface area contributed by atoms with E-state index in [1.165, 1.54) is 11.9 Å². The van der Waals surface area contributed by atoms with Crippen LogP contribution in [0.15, 0.2) is 30.3 Å². The minimum Gasteiger partial charge on any atom is -0.479 e. The molecular weight excluding hydrogens is 276 g/mol. The molecule has 7 nitrogen and oxygen atoms in total.